The van der Waals surface area contributed by atoms with E-state index in [9.17, 15) is 13.2 Å². The van der Waals surface area contributed by atoms with Crippen molar-refractivity contribution in [3.63, 3.8) is 0 Å². The Morgan fingerprint density at radius 3 is 2.57 bits per heavy atom. The van der Waals surface area contributed by atoms with Gasteiger partial charge in [0.2, 0.25) is 10.0 Å². The van der Waals surface area contributed by atoms with E-state index < -0.39 is 10.0 Å². The molecule has 0 aliphatic heterocycles. The molecule has 156 valence electrons. The molecule has 0 fully saturated rings. The minimum absolute atomic E-state index is 0.0322. The third-order valence-electron chi connectivity index (χ3n) is 5.13. The van der Waals surface area contributed by atoms with Crippen molar-refractivity contribution in [3.8, 4) is 0 Å². The molecule has 0 saturated heterocycles. The fraction of sp³-hybridized carbons (Fsp3) is 0.238. The van der Waals surface area contributed by atoms with Crippen molar-refractivity contribution in [2.75, 3.05) is 0 Å². The smallest absolute Gasteiger partial charge is 0.336 e. The van der Waals surface area contributed by atoms with Crippen molar-refractivity contribution in [3.05, 3.63) is 63.5 Å². The molecule has 0 aliphatic carbocycles. The Morgan fingerprint density at radius 2 is 1.87 bits per heavy atom. The Balaban J connectivity index is 1.75. The van der Waals surface area contributed by atoms with Gasteiger partial charge >= 0.3 is 5.63 Å². The summed E-state index contributed by atoms with van der Waals surface area (Å²) in [5, 5.41) is 6.89. The molecule has 2 aromatic carbocycles. The molecule has 0 bridgehead atoms. The lowest BCUT2D eigenvalue weighted by Crippen LogP contribution is -2.11. The van der Waals surface area contributed by atoms with E-state index in [1.807, 2.05) is 37.5 Å². The Bertz CT molecular complexity index is 1450. The Hall–Kier alpha value is -2.62. The molecule has 0 spiro atoms. The fourth-order valence-electron chi connectivity index (χ4n) is 3.42. The molecule has 4 aromatic rings. The average molecular weight is 444 g/mol. The van der Waals surface area contributed by atoms with Gasteiger partial charge in [0.1, 0.15) is 5.58 Å². The first-order chi connectivity index (χ1) is 14.2. The molecule has 0 atom stereocenters. The Kier molecular flexibility index (Phi) is 5.21. The number of hydrogen-bond acceptors (Lipinski definition) is 6. The number of nitrogens with two attached hydrogens (primary N) is 1. The topological polar surface area (TPSA) is 108 Å². The van der Waals surface area contributed by atoms with Crippen molar-refractivity contribution in [2.24, 2.45) is 5.14 Å². The number of sulfonamides is 1. The zero-order valence-corrected chi connectivity index (χ0v) is 18.4. The normalized spacial score (nSPS) is 12.1. The van der Waals surface area contributed by atoms with Crippen molar-refractivity contribution in [2.45, 2.75) is 43.1 Å². The summed E-state index contributed by atoms with van der Waals surface area (Å²) in [6, 6.07) is 10.1. The molecular formula is C21H21N3O4S2. The number of thioether (sulfide) groups is 1. The molecule has 0 saturated carbocycles. The van der Waals surface area contributed by atoms with E-state index in [0.29, 0.717) is 23.4 Å². The van der Waals surface area contributed by atoms with Crippen LogP contribution in [0.15, 0.2) is 55.7 Å². The van der Waals surface area contributed by atoms with E-state index in [1.165, 1.54) is 30.0 Å². The van der Waals surface area contributed by atoms with E-state index in [-0.39, 0.29) is 10.5 Å². The van der Waals surface area contributed by atoms with E-state index in [2.05, 4.69) is 4.98 Å². The van der Waals surface area contributed by atoms with Crippen LogP contribution in [0.1, 0.15) is 23.6 Å². The highest BCUT2D eigenvalue weighted by Crippen LogP contribution is 2.30. The minimum Gasteiger partial charge on any atom is -0.423 e. The molecule has 2 aromatic heterocycles. The summed E-state index contributed by atoms with van der Waals surface area (Å²) in [6.07, 6.45) is 0. The predicted molar refractivity (Wildman–Crippen MR) is 118 cm³/mol. The summed E-state index contributed by atoms with van der Waals surface area (Å²) in [7, 11) is -3.80. The lowest BCUT2D eigenvalue weighted by atomic mass is 10.0. The number of hydrogen-bond donors (Lipinski definition) is 1. The molecular weight excluding hydrogens is 422 g/mol. The highest BCUT2D eigenvalue weighted by molar-refractivity contribution is 7.98. The molecule has 7 nitrogen and oxygen atoms in total. The van der Waals surface area contributed by atoms with Gasteiger partial charge in [0.15, 0.2) is 5.16 Å². The number of nitrogens with zero attached hydrogens (tertiary/aromatic N) is 2. The fourth-order valence-corrected chi connectivity index (χ4v) is 5.03. The van der Waals surface area contributed by atoms with Gasteiger partial charge in [0.25, 0.3) is 0 Å². The van der Waals surface area contributed by atoms with E-state index in [0.717, 1.165) is 32.7 Å². The Labute approximate surface area is 178 Å². The van der Waals surface area contributed by atoms with Crippen LogP contribution in [0.3, 0.4) is 0 Å². The van der Waals surface area contributed by atoms with Gasteiger partial charge in [-0.1, -0.05) is 11.8 Å². The predicted octanol–water partition coefficient (Wildman–Crippen LogP) is 3.72. The van der Waals surface area contributed by atoms with Crippen molar-refractivity contribution >= 4 is 43.8 Å². The van der Waals surface area contributed by atoms with Crippen molar-refractivity contribution in [1.29, 1.82) is 0 Å². The van der Waals surface area contributed by atoms with Gasteiger partial charge in [-0.05, 0) is 67.8 Å². The monoisotopic (exact) mass is 443 g/mol. The molecule has 2 heterocycles. The number of aromatic nitrogens is 2. The molecule has 2 N–H and O–H groups in total. The van der Waals surface area contributed by atoms with Crippen molar-refractivity contribution < 1.29 is 12.8 Å². The first kappa shape index (κ1) is 20.6. The summed E-state index contributed by atoms with van der Waals surface area (Å²) in [6.45, 7) is 6.67. The van der Waals surface area contributed by atoms with Crippen LogP contribution < -0.4 is 10.8 Å². The third-order valence-corrected chi connectivity index (χ3v) is 7.07. The standard InChI is InChI=1S/C21H21N3O4S2/c1-4-24-18-6-5-15(30(22,26)27)10-17(18)23-21(24)29-11-14-9-20(25)28-19-8-13(3)12(2)7-16(14)19/h5-10H,4,11H2,1-3H3,(H2,22,26,27). The second-order valence-corrected chi connectivity index (χ2v) is 9.65. The van der Waals surface area contributed by atoms with Gasteiger partial charge in [0.05, 0.1) is 15.9 Å². The second kappa shape index (κ2) is 7.57. The molecule has 9 heteroatoms. The number of fused-ring (bicyclic) bond motifs is 2. The number of imidazole rings is 1. The van der Waals surface area contributed by atoms with Gasteiger partial charge in [-0.3, -0.25) is 0 Å². The summed E-state index contributed by atoms with van der Waals surface area (Å²) in [5.74, 6) is 0.524. The maximum atomic E-state index is 12.0. The zero-order chi connectivity index (χ0) is 21.6. The maximum absolute atomic E-state index is 12.0. The van der Waals surface area contributed by atoms with E-state index in [4.69, 9.17) is 9.56 Å². The van der Waals surface area contributed by atoms with Crippen LogP contribution in [0.25, 0.3) is 22.0 Å². The quantitative estimate of drug-likeness (QED) is 0.372. The number of aryl methyl sites for hydroxylation is 3. The summed E-state index contributed by atoms with van der Waals surface area (Å²) in [5.41, 5.74) is 4.64. The number of primary sulfonamides is 1. The van der Waals surface area contributed by atoms with Gasteiger partial charge in [-0.15, -0.1) is 0 Å². The number of rotatable bonds is 5. The molecule has 30 heavy (non-hydrogen) atoms. The van der Waals surface area contributed by atoms with E-state index in [1.54, 1.807) is 6.07 Å². The average Bonchev–Trinajstić information content (AvgIpc) is 3.03. The van der Waals surface area contributed by atoms with Gasteiger partial charge in [0, 0.05) is 23.8 Å². The molecule has 0 aliphatic rings. The summed E-state index contributed by atoms with van der Waals surface area (Å²) in [4.78, 5) is 16.7. The SMILES string of the molecule is CCn1c(SCc2cc(=O)oc3cc(C)c(C)cc23)nc2cc(S(N)(=O)=O)ccc21. The van der Waals surface area contributed by atoms with Gasteiger partial charge in [-0.2, -0.15) is 0 Å². The van der Waals surface area contributed by atoms with Crippen LogP contribution in [0.2, 0.25) is 0 Å². The highest BCUT2D eigenvalue weighted by atomic mass is 32.2. The lowest BCUT2D eigenvalue weighted by Gasteiger charge is -2.09. The summed E-state index contributed by atoms with van der Waals surface area (Å²) < 4.78 is 30.7. The second-order valence-electron chi connectivity index (χ2n) is 7.15. The molecule has 4 rings (SSSR count). The minimum atomic E-state index is -3.80. The van der Waals surface area contributed by atoms with Crippen LogP contribution in [0.4, 0.5) is 0 Å². The highest BCUT2D eigenvalue weighted by Gasteiger charge is 2.16. The number of benzene rings is 2. The van der Waals surface area contributed by atoms with Crippen LogP contribution in [0, 0.1) is 13.8 Å². The van der Waals surface area contributed by atoms with Crippen molar-refractivity contribution in [1.82, 2.24) is 9.55 Å². The van der Waals surface area contributed by atoms with Crippen LogP contribution >= 0.6 is 11.8 Å². The van der Waals surface area contributed by atoms with Crippen LogP contribution in [0.5, 0.6) is 0 Å². The third kappa shape index (κ3) is 3.76. The maximum Gasteiger partial charge on any atom is 0.336 e. The zero-order valence-electron chi connectivity index (χ0n) is 16.8. The van der Waals surface area contributed by atoms with Gasteiger partial charge in [-0.25, -0.2) is 23.3 Å². The first-order valence-corrected chi connectivity index (χ1v) is 11.9. The van der Waals surface area contributed by atoms with Crippen LogP contribution in [-0.4, -0.2) is 18.0 Å². The summed E-state index contributed by atoms with van der Waals surface area (Å²) >= 11 is 1.49. The molecule has 0 amide bonds. The Morgan fingerprint density at radius 1 is 1.13 bits per heavy atom. The molecule has 0 unspecified atom stereocenters. The molecule has 0 radical (unpaired) electrons. The first-order valence-electron chi connectivity index (χ1n) is 9.37. The lowest BCUT2D eigenvalue weighted by molar-refractivity contribution is 0.559. The largest absolute Gasteiger partial charge is 0.423 e. The van der Waals surface area contributed by atoms with Crippen LogP contribution in [-0.2, 0) is 22.3 Å². The van der Waals surface area contributed by atoms with E-state index >= 15 is 0 Å². The van der Waals surface area contributed by atoms with Gasteiger partial charge < -0.3 is 8.98 Å².